The molecule has 3 aromatic carbocycles. The van der Waals surface area contributed by atoms with E-state index in [9.17, 15) is 9.59 Å². The van der Waals surface area contributed by atoms with Crippen LogP contribution in [0.3, 0.4) is 0 Å². The number of amides is 2. The third kappa shape index (κ3) is 6.18. The number of rotatable bonds is 8. The molecule has 0 radical (unpaired) electrons. The van der Waals surface area contributed by atoms with Gasteiger partial charge in [0, 0.05) is 21.2 Å². The Morgan fingerprint density at radius 2 is 1.53 bits per heavy atom. The molecule has 0 aromatic heterocycles. The van der Waals surface area contributed by atoms with Gasteiger partial charge in [-0.1, -0.05) is 47.5 Å². The van der Waals surface area contributed by atoms with Crippen LogP contribution in [0, 0.1) is 0 Å². The molecular weight excluding hydrogens is 481 g/mol. The number of carbonyl (C=O) groups excluding carboxylic acids is 2. The highest BCUT2D eigenvalue weighted by Gasteiger charge is 2.16. The largest absolute Gasteiger partial charge is 0.495 e. The molecule has 10 heteroatoms. The van der Waals surface area contributed by atoms with Gasteiger partial charge in [-0.3, -0.25) is 9.59 Å². The number of nitrogens with zero attached hydrogens (tertiary/aromatic N) is 1. The van der Waals surface area contributed by atoms with Crippen molar-refractivity contribution in [1.29, 1.82) is 0 Å². The Labute approximate surface area is 206 Å². The molecule has 0 bridgehead atoms. The van der Waals surface area contributed by atoms with Gasteiger partial charge in [0.05, 0.1) is 26.1 Å². The van der Waals surface area contributed by atoms with Crippen LogP contribution in [0.1, 0.15) is 11.1 Å². The van der Waals surface area contributed by atoms with Crippen molar-refractivity contribution in [2.75, 3.05) is 19.5 Å². The van der Waals surface area contributed by atoms with Crippen molar-refractivity contribution in [3.05, 3.63) is 81.8 Å². The van der Waals surface area contributed by atoms with E-state index in [1.165, 1.54) is 20.4 Å². The maximum Gasteiger partial charge on any atom is 0.329 e. The molecule has 0 heterocycles. The molecule has 3 rings (SSSR count). The quantitative estimate of drug-likeness (QED) is 0.265. The molecule has 3 aromatic rings. The number of nitrogens with one attached hydrogen (secondary N) is 2. The number of para-hydroxylation sites is 3. The third-order valence-electron chi connectivity index (χ3n) is 4.58. The van der Waals surface area contributed by atoms with E-state index in [2.05, 4.69) is 15.8 Å². The molecular formula is C24H21Cl2N3O5. The molecule has 0 unspecified atom stereocenters. The highest BCUT2D eigenvalue weighted by molar-refractivity contribution is 6.39. The smallest absolute Gasteiger partial charge is 0.329 e. The summed E-state index contributed by atoms with van der Waals surface area (Å²) in [6.07, 6.45) is 1.33. The van der Waals surface area contributed by atoms with Gasteiger partial charge in [-0.15, -0.1) is 0 Å². The summed E-state index contributed by atoms with van der Waals surface area (Å²) in [5, 5.41) is 7.27. The summed E-state index contributed by atoms with van der Waals surface area (Å²) in [4.78, 5) is 24.4. The van der Waals surface area contributed by atoms with Crippen molar-refractivity contribution >= 4 is 46.9 Å². The number of benzene rings is 3. The zero-order valence-electron chi connectivity index (χ0n) is 18.3. The van der Waals surface area contributed by atoms with Crippen LogP contribution in [0.2, 0.25) is 10.0 Å². The number of hydrogen-bond donors (Lipinski definition) is 2. The monoisotopic (exact) mass is 501 g/mol. The molecule has 8 nitrogen and oxygen atoms in total. The first-order valence-electron chi connectivity index (χ1n) is 9.94. The summed E-state index contributed by atoms with van der Waals surface area (Å²) in [5.41, 5.74) is 3.65. The minimum atomic E-state index is -0.963. The van der Waals surface area contributed by atoms with Crippen LogP contribution in [0.15, 0.2) is 65.8 Å². The van der Waals surface area contributed by atoms with E-state index >= 15 is 0 Å². The van der Waals surface area contributed by atoms with E-state index in [0.717, 1.165) is 0 Å². The summed E-state index contributed by atoms with van der Waals surface area (Å²) in [7, 11) is 2.96. The summed E-state index contributed by atoms with van der Waals surface area (Å²) in [6, 6.07) is 17.0. The van der Waals surface area contributed by atoms with E-state index in [1.54, 1.807) is 60.7 Å². The minimum Gasteiger partial charge on any atom is -0.495 e. The van der Waals surface area contributed by atoms with Crippen molar-refractivity contribution in [3.8, 4) is 17.2 Å². The van der Waals surface area contributed by atoms with Crippen LogP contribution in [0.5, 0.6) is 17.2 Å². The van der Waals surface area contributed by atoms with Crippen molar-refractivity contribution in [1.82, 2.24) is 5.43 Å². The Morgan fingerprint density at radius 1 is 0.882 bits per heavy atom. The number of carbonyl (C=O) groups is 2. The van der Waals surface area contributed by atoms with Gasteiger partial charge in [0.1, 0.15) is 12.4 Å². The number of ether oxygens (including phenoxy) is 3. The SMILES string of the molecule is COc1ccccc1NC(=O)C(=O)N/N=C\c1cccc(OC)c1OCc1c(Cl)cccc1Cl. The summed E-state index contributed by atoms with van der Waals surface area (Å²) >= 11 is 12.4. The van der Waals surface area contributed by atoms with E-state index in [4.69, 9.17) is 37.4 Å². The summed E-state index contributed by atoms with van der Waals surface area (Å²) in [5.74, 6) is -0.652. The van der Waals surface area contributed by atoms with Gasteiger partial charge in [0.25, 0.3) is 0 Å². The first kappa shape index (κ1) is 24.9. The summed E-state index contributed by atoms with van der Waals surface area (Å²) in [6.45, 7) is 0.0768. The second kappa shape index (κ2) is 11.9. The zero-order chi connectivity index (χ0) is 24.5. The molecule has 2 N–H and O–H groups in total. The second-order valence-electron chi connectivity index (χ2n) is 6.72. The van der Waals surface area contributed by atoms with Crippen LogP contribution in [0.25, 0.3) is 0 Å². The highest BCUT2D eigenvalue weighted by atomic mass is 35.5. The first-order chi connectivity index (χ1) is 16.4. The van der Waals surface area contributed by atoms with Gasteiger partial charge < -0.3 is 19.5 Å². The molecule has 0 saturated heterocycles. The molecule has 0 saturated carbocycles. The van der Waals surface area contributed by atoms with Crippen LogP contribution < -0.4 is 25.0 Å². The maximum absolute atomic E-state index is 12.2. The lowest BCUT2D eigenvalue weighted by atomic mass is 10.2. The topological polar surface area (TPSA) is 98.2 Å². The van der Waals surface area contributed by atoms with Crippen molar-refractivity contribution in [2.45, 2.75) is 6.61 Å². The van der Waals surface area contributed by atoms with E-state index < -0.39 is 11.8 Å². The maximum atomic E-state index is 12.2. The predicted octanol–water partition coefficient (Wildman–Crippen LogP) is 4.68. The van der Waals surface area contributed by atoms with Gasteiger partial charge >= 0.3 is 11.8 Å². The Morgan fingerprint density at radius 3 is 2.24 bits per heavy atom. The number of halogens is 2. The van der Waals surface area contributed by atoms with Gasteiger partial charge in [0.2, 0.25) is 0 Å². The van der Waals surface area contributed by atoms with Gasteiger partial charge in [0.15, 0.2) is 11.5 Å². The Hall–Kier alpha value is -3.75. The summed E-state index contributed by atoms with van der Waals surface area (Å²) < 4.78 is 16.4. The van der Waals surface area contributed by atoms with Crippen molar-refractivity contribution < 1.29 is 23.8 Å². The number of anilines is 1. The van der Waals surface area contributed by atoms with Gasteiger partial charge in [-0.05, 0) is 36.4 Å². The second-order valence-corrected chi connectivity index (χ2v) is 7.54. The van der Waals surface area contributed by atoms with Crippen molar-refractivity contribution in [3.63, 3.8) is 0 Å². The Kier molecular flexibility index (Phi) is 8.73. The lowest BCUT2D eigenvalue weighted by molar-refractivity contribution is -0.136. The molecule has 176 valence electrons. The van der Waals surface area contributed by atoms with Gasteiger partial charge in [-0.25, -0.2) is 5.43 Å². The average molecular weight is 502 g/mol. The fourth-order valence-corrected chi connectivity index (χ4v) is 3.41. The van der Waals surface area contributed by atoms with E-state index in [-0.39, 0.29) is 6.61 Å². The molecule has 34 heavy (non-hydrogen) atoms. The van der Waals surface area contributed by atoms with Crippen LogP contribution in [-0.4, -0.2) is 32.2 Å². The molecule has 0 atom stereocenters. The molecule has 2 amide bonds. The molecule has 0 aliphatic carbocycles. The van der Waals surface area contributed by atoms with Crippen molar-refractivity contribution in [2.24, 2.45) is 5.10 Å². The minimum absolute atomic E-state index is 0.0768. The normalized spacial score (nSPS) is 10.6. The Balaban J connectivity index is 1.70. The lowest BCUT2D eigenvalue weighted by Crippen LogP contribution is -2.32. The van der Waals surface area contributed by atoms with E-state index in [1.807, 2.05) is 0 Å². The highest BCUT2D eigenvalue weighted by Crippen LogP contribution is 2.33. The fourth-order valence-electron chi connectivity index (χ4n) is 2.90. The van der Waals surface area contributed by atoms with Gasteiger partial charge in [-0.2, -0.15) is 5.10 Å². The molecule has 0 spiro atoms. The van der Waals surface area contributed by atoms with Crippen LogP contribution >= 0.6 is 23.2 Å². The third-order valence-corrected chi connectivity index (χ3v) is 5.29. The molecule has 0 aliphatic heterocycles. The molecule has 0 aliphatic rings. The lowest BCUT2D eigenvalue weighted by Gasteiger charge is -2.14. The number of methoxy groups -OCH3 is 2. The Bertz CT molecular complexity index is 1200. The number of hydrogen-bond acceptors (Lipinski definition) is 6. The fraction of sp³-hybridized carbons (Fsp3) is 0.125. The van der Waals surface area contributed by atoms with E-state index in [0.29, 0.717) is 44.1 Å². The predicted molar refractivity (Wildman–Crippen MR) is 131 cm³/mol. The standard InChI is InChI=1S/C24H21Cl2N3O5/c1-32-20-11-4-3-10-19(20)28-23(30)24(31)29-27-13-15-7-5-12-21(33-2)22(15)34-14-16-17(25)8-6-9-18(16)26/h3-13H,14H2,1-2H3,(H,28,30)(H,29,31)/b27-13-. The first-order valence-corrected chi connectivity index (χ1v) is 10.7. The number of hydrazone groups is 1. The average Bonchev–Trinajstić information content (AvgIpc) is 2.84. The zero-order valence-corrected chi connectivity index (χ0v) is 19.8. The van der Waals surface area contributed by atoms with Crippen LogP contribution in [-0.2, 0) is 16.2 Å². The van der Waals surface area contributed by atoms with Crippen LogP contribution in [0.4, 0.5) is 5.69 Å². The molecule has 0 fully saturated rings.